The van der Waals surface area contributed by atoms with Crippen molar-refractivity contribution < 1.29 is 9.59 Å². The number of nitrogens with one attached hydrogen (secondary N) is 3. The highest BCUT2D eigenvalue weighted by atomic mass is 35.5. The van der Waals surface area contributed by atoms with E-state index in [4.69, 9.17) is 23.2 Å². The number of urea groups is 1. The maximum Gasteiger partial charge on any atom is 0.323 e. The number of nitrogens with zero attached hydrogens (tertiary/aromatic N) is 3. The molecule has 0 atom stereocenters. The van der Waals surface area contributed by atoms with Gasteiger partial charge in [-0.2, -0.15) is 0 Å². The summed E-state index contributed by atoms with van der Waals surface area (Å²) in [5.41, 5.74) is 3.21. The van der Waals surface area contributed by atoms with Gasteiger partial charge in [0.1, 0.15) is 0 Å². The number of carbonyl (C=O) groups excluding carboxylic acids is 2. The molecule has 1 aliphatic rings. The minimum Gasteiger partial charge on any atom is -0.324 e. The van der Waals surface area contributed by atoms with Crippen LogP contribution in [0.5, 0.6) is 0 Å². The van der Waals surface area contributed by atoms with Crippen LogP contribution in [0.2, 0.25) is 10.0 Å². The van der Waals surface area contributed by atoms with E-state index in [1.807, 2.05) is 19.1 Å². The molecule has 1 aromatic heterocycles. The predicted molar refractivity (Wildman–Crippen MR) is 143 cm³/mol. The normalized spacial score (nSPS) is 14.6. The number of hydrogen-bond donors (Lipinski definition) is 3. The summed E-state index contributed by atoms with van der Waals surface area (Å²) in [4.78, 5) is 34.4. The highest BCUT2D eigenvalue weighted by molar-refractivity contribution is 6.35. The Hall–Kier alpha value is -2.91. The van der Waals surface area contributed by atoms with E-state index in [9.17, 15) is 9.59 Å². The van der Waals surface area contributed by atoms with Crippen molar-refractivity contribution in [3.8, 4) is 0 Å². The molecular weight excluding hydrogens is 487 g/mol. The summed E-state index contributed by atoms with van der Waals surface area (Å²) in [7, 11) is 0. The Morgan fingerprint density at radius 3 is 2.23 bits per heavy atom. The number of benzene rings is 2. The van der Waals surface area contributed by atoms with Crippen molar-refractivity contribution in [3.05, 3.63) is 58.2 Å². The van der Waals surface area contributed by atoms with Crippen LogP contribution in [0.4, 0.5) is 21.9 Å². The molecule has 35 heavy (non-hydrogen) atoms. The van der Waals surface area contributed by atoms with Crippen molar-refractivity contribution in [1.82, 2.24) is 14.8 Å². The first-order chi connectivity index (χ1) is 16.8. The number of likely N-dealkylation sites (N-methyl/N-ethyl adjacent to an activating group) is 1. The first kappa shape index (κ1) is 25.2. The van der Waals surface area contributed by atoms with Crippen LogP contribution in [0, 0.1) is 6.92 Å². The van der Waals surface area contributed by atoms with Crippen molar-refractivity contribution in [1.29, 1.82) is 0 Å². The molecule has 4 rings (SSSR count). The first-order valence-electron chi connectivity index (χ1n) is 11.5. The molecule has 10 heteroatoms. The maximum atomic E-state index is 12.8. The van der Waals surface area contributed by atoms with Gasteiger partial charge in [0.2, 0.25) is 5.91 Å². The third-order valence-electron chi connectivity index (χ3n) is 5.87. The number of fused-ring (bicyclic) bond motifs is 1. The Morgan fingerprint density at radius 2 is 1.54 bits per heavy atom. The standard InChI is InChI=1S/C25H28Cl2N6O2/c1-3-32-6-8-33(9-7-32)15-24(34)31-23-10-16(2)28-22-5-4-19(14-21(22)23)29-25(35)30-20-12-17(26)11-18(27)13-20/h4-5,10-14H,3,6-9,15H2,1-2H3,(H,28,31,34)(H2,29,30,35). The molecule has 2 heterocycles. The summed E-state index contributed by atoms with van der Waals surface area (Å²) in [6, 6.07) is 11.6. The molecule has 2 aromatic carbocycles. The van der Waals surface area contributed by atoms with Crippen LogP contribution in [0.1, 0.15) is 12.6 Å². The molecule has 0 spiro atoms. The zero-order chi connectivity index (χ0) is 24.9. The number of pyridine rings is 1. The van der Waals surface area contributed by atoms with Crippen LogP contribution in [0.15, 0.2) is 42.5 Å². The molecule has 0 radical (unpaired) electrons. The summed E-state index contributed by atoms with van der Waals surface area (Å²) in [6.45, 7) is 9.09. The Kier molecular flexibility index (Phi) is 8.07. The summed E-state index contributed by atoms with van der Waals surface area (Å²) in [5, 5.41) is 10.1. The molecule has 1 aliphatic heterocycles. The van der Waals surface area contributed by atoms with E-state index in [-0.39, 0.29) is 5.91 Å². The van der Waals surface area contributed by atoms with Crippen LogP contribution < -0.4 is 16.0 Å². The molecule has 1 saturated heterocycles. The third-order valence-corrected chi connectivity index (χ3v) is 6.30. The van der Waals surface area contributed by atoms with Gasteiger partial charge >= 0.3 is 6.03 Å². The molecule has 0 bridgehead atoms. The Labute approximate surface area is 214 Å². The van der Waals surface area contributed by atoms with E-state index in [0.717, 1.165) is 49.3 Å². The number of piperazine rings is 1. The number of halogens is 2. The van der Waals surface area contributed by atoms with Crippen molar-refractivity contribution in [3.63, 3.8) is 0 Å². The Bertz CT molecular complexity index is 1220. The second-order valence-electron chi connectivity index (χ2n) is 8.54. The van der Waals surface area contributed by atoms with Crippen LogP contribution in [0.25, 0.3) is 10.9 Å². The Morgan fingerprint density at radius 1 is 0.886 bits per heavy atom. The van der Waals surface area contributed by atoms with E-state index < -0.39 is 6.03 Å². The number of amides is 3. The fourth-order valence-electron chi connectivity index (χ4n) is 4.12. The summed E-state index contributed by atoms with van der Waals surface area (Å²) < 4.78 is 0. The molecule has 1 fully saturated rings. The average molecular weight is 515 g/mol. The smallest absolute Gasteiger partial charge is 0.323 e. The zero-order valence-corrected chi connectivity index (χ0v) is 21.2. The van der Waals surface area contributed by atoms with Crippen molar-refractivity contribution in [2.75, 3.05) is 55.2 Å². The van der Waals surface area contributed by atoms with Crippen molar-refractivity contribution >= 4 is 63.1 Å². The Balaban J connectivity index is 1.46. The lowest BCUT2D eigenvalue weighted by atomic mass is 10.1. The van der Waals surface area contributed by atoms with Gasteiger partial charge in [-0.3, -0.25) is 14.7 Å². The molecule has 0 aliphatic carbocycles. The molecule has 3 amide bonds. The quantitative estimate of drug-likeness (QED) is 0.427. The number of aryl methyl sites for hydroxylation is 1. The summed E-state index contributed by atoms with van der Waals surface area (Å²) >= 11 is 12.0. The van der Waals surface area contributed by atoms with Gasteiger partial charge in [0.25, 0.3) is 0 Å². The minimum atomic E-state index is -0.445. The zero-order valence-electron chi connectivity index (χ0n) is 19.7. The fraction of sp³-hybridized carbons (Fsp3) is 0.320. The minimum absolute atomic E-state index is 0.0733. The molecule has 184 valence electrons. The van der Waals surface area contributed by atoms with E-state index in [1.165, 1.54) is 0 Å². The molecule has 3 aromatic rings. The lowest BCUT2D eigenvalue weighted by molar-refractivity contribution is -0.117. The topological polar surface area (TPSA) is 89.6 Å². The predicted octanol–water partition coefficient (Wildman–Crippen LogP) is 5.07. The van der Waals surface area contributed by atoms with Crippen LogP contribution in [0.3, 0.4) is 0 Å². The molecule has 0 saturated carbocycles. The lowest BCUT2D eigenvalue weighted by Crippen LogP contribution is -2.48. The van der Waals surface area contributed by atoms with E-state index in [1.54, 1.807) is 30.3 Å². The number of rotatable bonds is 6. The molecule has 3 N–H and O–H groups in total. The second kappa shape index (κ2) is 11.2. The average Bonchev–Trinajstić information content (AvgIpc) is 2.79. The van der Waals surface area contributed by atoms with Gasteiger partial charge in [-0.1, -0.05) is 30.1 Å². The third kappa shape index (κ3) is 6.82. The molecule has 8 nitrogen and oxygen atoms in total. The number of aromatic nitrogens is 1. The van der Waals surface area contributed by atoms with Gasteiger partial charge in [0, 0.05) is 58.7 Å². The van der Waals surface area contributed by atoms with Gasteiger partial charge in [0.15, 0.2) is 0 Å². The van der Waals surface area contributed by atoms with Gasteiger partial charge in [0.05, 0.1) is 17.7 Å². The first-order valence-corrected chi connectivity index (χ1v) is 12.2. The van der Waals surface area contributed by atoms with E-state index >= 15 is 0 Å². The van der Waals surface area contributed by atoms with Crippen molar-refractivity contribution in [2.45, 2.75) is 13.8 Å². The second-order valence-corrected chi connectivity index (χ2v) is 9.41. The van der Waals surface area contributed by atoms with Gasteiger partial charge in [-0.25, -0.2) is 4.79 Å². The molecule has 0 unspecified atom stereocenters. The van der Waals surface area contributed by atoms with Crippen LogP contribution in [-0.4, -0.2) is 66.0 Å². The van der Waals surface area contributed by atoms with Crippen molar-refractivity contribution in [2.24, 2.45) is 0 Å². The highest BCUT2D eigenvalue weighted by Gasteiger charge is 2.18. The van der Waals surface area contributed by atoms with Crippen LogP contribution in [-0.2, 0) is 4.79 Å². The van der Waals surface area contributed by atoms with E-state index in [0.29, 0.717) is 33.7 Å². The maximum absolute atomic E-state index is 12.8. The van der Waals surface area contributed by atoms with Gasteiger partial charge in [-0.05, 0) is 55.9 Å². The monoisotopic (exact) mass is 514 g/mol. The SMILES string of the molecule is CCN1CCN(CC(=O)Nc2cc(C)nc3ccc(NC(=O)Nc4cc(Cl)cc(Cl)c4)cc23)CC1. The van der Waals surface area contributed by atoms with Gasteiger partial charge in [-0.15, -0.1) is 0 Å². The lowest BCUT2D eigenvalue weighted by Gasteiger charge is -2.33. The van der Waals surface area contributed by atoms with Crippen LogP contribution >= 0.6 is 23.2 Å². The van der Waals surface area contributed by atoms with Gasteiger partial charge < -0.3 is 20.9 Å². The fourth-order valence-corrected chi connectivity index (χ4v) is 4.64. The number of anilines is 3. The summed E-state index contributed by atoms with van der Waals surface area (Å²) in [5.74, 6) is -0.0733. The highest BCUT2D eigenvalue weighted by Crippen LogP contribution is 2.27. The molecular formula is C25H28Cl2N6O2. The number of carbonyl (C=O) groups is 2. The largest absolute Gasteiger partial charge is 0.324 e. The summed E-state index contributed by atoms with van der Waals surface area (Å²) in [6.07, 6.45) is 0. The number of hydrogen-bond acceptors (Lipinski definition) is 5. The van der Waals surface area contributed by atoms with E-state index in [2.05, 4.69) is 37.7 Å².